The van der Waals surface area contributed by atoms with Crippen LogP contribution in [-0.4, -0.2) is 35.2 Å². The summed E-state index contributed by atoms with van der Waals surface area (Å²) in [7, 11) is 0. The van der Waals surface area contributed by atoms with Crippen molar-refractivity contribution in [3.05, 3.63) is 23.8 Å². The number of benzene rings is 1. The molecule has 1 heterocycles. The molecule has 0 spiro atoms. The van der Waals surface area contributed by atoms with Crippen molar-refractivity contribution in [3.8, 4) is 5.75 Å². The first-order valence-corrected chi connectivity index (χ1v) is 5.59. The van der Waals surface area contributed by atoms with E-state index in [9.17, 15) is 14.7 Å². The van der Waals surface area contributed by atoms with Crippen LogP contribution in [0.25, 0.3) is 0 Å². The molecule has 1 aromatic carbocycles. The van der Waals surface area contributed by atoms with E-state index in [4.69, 9.17) is 10.8 Å². The van der Waals surface area contributed by atoms with Gasteiger partial charge in [-0.25, -0.2) is 4.79 Å². The minimum atomic E-state index is -1.18. The Morgan fingerprint density at radius 1 is 1.50 bits per heavy atom. The average Bonchev–Trinajstić information content (AvgIpc) is 2.70. The zero-order valence-corrected chi connectivity index (χ0v) is 9.67. The van der Waals surface area contributed by atoms with Crippen molar-refractivity contribution >= 4 is 17.6 Å². The molecule has 1 saturated heterocycles. The highest BCUT2D eigenvalue weighted by Gasteiger charge is 2.31. The molecule has 0 aliphatic carbocycles. The number of hydrogen-bond acceptors (Lipinski definition) is 4. The largest absolute Gasteiger partial charge is 0.508 e. The van der Waals surface area contributed by atoms with Gasteiger partial charge in [-0.15, -0.1) is 0 Å². The van der Waals surface area contributed by atoms with E-state index in [2.05, 4.69) is 0 Å². The predicted octanol–water partition coefficient (Wildman–Crippen LogP) is 0.402. The molecule has 1 fully saturated rings. The first-order valence-electron chi connectivity index (χ1n) is 5.59. The summed E-state index contributed by atoms with van der Waals surface area (Å²) < 4.78 is 0. The summed E-state index contributed by atoms with van der Waals surface area (Å²) >= 11 is 0. The van der Waals surface area contributed by atoms with E-state index in [0.717, 1.165) is 6.07 Å². The van der Waals surface area contributed by atoms with Gasteiger partial charge in [-0.1, -0.05) is 0 Å². The number of carbonyl (C=O) groups is 2. The molecule has 0 aromatic heterocycles. The highest BCUT2D eigenvalue weighted by Crippen LogP contribution is 2.30. The molecular weight excluding hydrogens is 236 g/mol. The molecule has 18 heavy (non-hydrogen) atoms. The lowest BCUT2D eigenvalue weighted by molar-refractivity contribution is -0.117. The van der Waals surface area contributed by atoms with Gasteiger partial charge >= 0.3 is 5.97 Å². The lowest BCUT2D eigenvalue weighted by Gasteiger charge is -2.18. The molecule has 4 N–H and O–H groups in total. The summed E-state index contributed by atoms with van der Waals surface area (Å²) in [6.07, 6.45) is 0.330. The molecule has 1 aromatic rings. The number of nitrogens with two attached hydrogens (primary N) is 1. The number of aromatic carboxylic acids is 1. The Morgan fingerprint density at radius 2 is 2.22 bits per heavy atom. The molecule has 1 unspecified atom stereocenters. The fourth-order valence-corrected chi connectivity index (χ4v) is 2.10. The van der Waals surface area contributed by atoms with Crippen LogP contribution in [0.2, 0.25) is 0 Å². The molecule has 1 aliphatic rings. The third-order valence-corrected chi connectivity index (χ3v) is 3.04. The number of carbonyl (C=O) groups excluding carboxylic acids is 1. The number of nitrogens with zero attached hydrogens (tertiary/aromatic N) is 1. The number of aromatic hydroxyl groups is 1. The molecule has 0 radical (unpaired) electrons. The Bertz CT molecular complexity index is 501. The van der Waals surface area contributed by atoms with Crippen molar-refractivity contribution in [2.45, 2.75) is 6.42 Å². The van der Waals surface area contributed by atoms with Crippen LogP contribution in [0.1, 0.15) is 16.8 Å². The van der Waals surface area contributed by atoms with Crippen LogP contribution in [0.15, 0.2) is 18.2 Å². The molecule has 1 aliphatic heterocycles. The summed E-state index contributed by atoms with van der Waals surface area (Å²) in [5.41, 5.74) is 5.75. The van der Waals surface area contributed by atoms with E-state index in [0.29, 0.717) is 25.2 Å². The van der Waals surface area contributed by atoms with Crippen molar-refractivity contribution in [1.29, 1.82) is 0 Å². The Kier molecular flexibility index (Phi) is 3.20. The molecule has 1 amide bonds. The van der Waals surface area contributed by atoms with Crippen LogP contribution in [0.3, 0.4) is 0 Å². The lowest BCUT2D eigenvalue weighted by atomic mass is 10.1. The van der Waals surface area contributed by atoms with E-state index < -0.39 is 5.97 Å². The Labute approximate surface area is 104 Å². The number of rotatable bonds is 3. The van der Waals surface area contributed by atoms with E-state index >= 15 is 0 Å². The fourth-order valence-electron chi connectivity index (χ4n) is 2.10. The zero-order chi connectivity index (χ0) is 13.3. The van der Waals surface area contributed by atoms with Crippen molar-refractivity contribution in [1.82, 2.24) is 0 Å². The Hall–Kier alpha value is -2.08. The van der Waals surface area contributed by atoms with Gasteiger partial charge in [0.15, 0.2) is 0 Å². The Morgan fingerprint density at radius 3 is 2.78 bits per heavy atom. The van der Waals surface area contributed by atoms with E-state index in [-0.39, 0.29) is 23.1 Å². The third-order valence-electron chi connectivity index (χ3n) is 3.04. The van der Waals surface area contributed by atoms with E-state index in [1.54, 1.807) is 0 Å². The SMILES string of the molecule is NCC1CC(=O)N(c2ccc(O)cc2C(=O)O)C1. The van der Waals surface area contributed by atoms with Gasteiger partial charge in [-0.05, 0) is 30.7 Å². The van der Waals surface area contributed by atoms with Crippen LogP contribution in [0, 0.1) is 5.92 Å². The van der Waals surface area contributed by atoms with Gasteiger partial charge in [0, 0.05) is 13.0 Å². The first-order chi connectivity index (χ1) is 8.52. The summed E-state index contributed by atoms with van der Waals surface area (Å²) in [6, 6.07) is 3.95. The molecule has 6 nitrogen and oxygen atoms in total. The molecule has 2 rings (SSSR count). The smallest absolute Gasteiger partial charge is 0.337 e. The number of phenolic OH excluding ortho intramolecular Hbond substituents is 1. The van der Waals surface area contributed by atoms with Crippen molar-refractivity contribution in [3.63, 3.8) is 0 Å². The normalized spacial score (nSPS) is 19.3. The van der Waals surface area contributed by atoms with E-state index in [1.165, 1.54) is 17.0 Å². The summed E-state index contributed by atoms with van der Waals surface area (Å²) in [4.78, 5) is 24.4. The highest BCUT2D eigenvalue weighted by atomic mass is 16.4. The van der Waals surface area contributed by atoms with Gasteiger partial charge in [-0.2, -0.15) is 0 Å². The first kappa shape index (κ1) is 12.4. The van der Waals surface area contributed by atoms with Crippen molar-refractivity contribution in [2.75, 3.05) is 18.0 Å². The third kappa shape index (κ3) is 2.14. The van der Waals surface area contributed by atoms with Crippen molar-refractivity contribution in [2.24, 2.45) is 11.7 Å². The second-order valence-electron chi connectivity index (χ2n) is 4.32. The lowest BCUT2D eigenvalue weighted by Crippen LogP contribution is -2.27. The van der Waals surface area contributed by atoms with Gasteiger partial charge in [0.2, 0.25) is 5.91 Å². The van der Waals surface area contributed by atoms with Crippen LogP contribution in [-0.2, 0) is 4.79 Å². The number of phenols is 1. The maximum atomic E-state index is 11.8. The van der Waals surface area contributed by atoms with Crippen LogP contribution in [0.5, 0.6) is 5.75 Å². The van der Waals surface area contributed by atoms with Gasteiger partial charge in [0.1, 0.15) is 5.75 Å². The fraction of sp³-hybridized carbons (Fsp3) is 0.333. The quantitative estimate of drug-likeness (QED) is 0.720. The van der Waals surface area contributed by atoms with Crippen molar-refractivity contribution < 1.29 is 19.8 Å². The standard InChI is InChI=1S/C12H14N2O4/c13-5-7-3-11(16)14(6-7)10-2-1-8(15)4-9(10)12(17)18/h1-2,4,7,15H,3,5-6,13H2,(H,17,18). The monoisotopic (exact) mass is 250 g/mol. The molecule has 0 saturated carbocycles. The average molecular weight is 250 g/mol. The second kappa shape index (κ2) is 4.66. The maximum Gasteiger partial charge on any atom is 0.337 e. The van der Waals surface area contributed by atoms with Gasteiger partial charge in [-0.3, -0.25) is 4.79 Å². The Balaban J connectivity index is 2.39. The highest BCUT2D eigenvalue weighted by molar-refractivity contribution is 6.03. The minimum absolute atomic E-state index is 0.0490. The molecule has 1 atom stereocenters. The summed E-state index contributed by atoms with van der Waals surface area (Å²) in [6.45, 7) is 0.809. The molecular formula is C12H14N2O4. The predicted molar refractivity (Wildman–Crippen MR) is 64.6 cm³/mol. The van der Waals surface area contributed by atoms with Gasteiger partial charge in [0.25, 0.3) is 0 Å². The molecule has 0 bridgehead atoms. The maximum absolute atomic E-state index is 11.8. The summed E-state index contributed by atoms with van der Waals surface area (Å²) in [5, 5.41) is 18.4. The minimum Gasteiger partial charge on any atom is -0.508 e. The number of amides is 1. The number of anilines is 1. The topological polar surface area (TPSA) is 104 Å². The second-order valence-corrected chi connectivity index (χ2v) is 4.32. The summed E-state index contributed by atoms with van der Waals surface area (Å²) in [5.74, 6) is -1.41. The zero-order valence-electron chi connectivity index (χ0n) is 9.67. The number of hydrogen-bond donors (Lipinski definition) is 3. The molecule has 6 heteroatoms. The van der Waals surface area contributed by atoms with Crippen LogP contribution >= 0.6 is 0 Å². The molecule has 96 valence electrons. The van der Waals surface area contributed by atoms with Gasteiger partial charge in [0.05, 0.1) is 11.3 Å². The van der Waals surface area contributed by atoms with Gasteiger partial charge < -0.3 is 20.8 Å². The van der Waals surface area contributed by atoms with E-state index in [1.807, 2.05) is 0 Å². The van der Waals surface area contributed by atoms with Crippen LogP contribution in [0.4, 0.5) is 5.69 Å². The number of carboxylic acids is 1. The van der Waals surface area contributed by atoms with Crippen LogP contribution < -0.4 is 10.6 Å². The number of carboxylic acid groups (broad SMARTS) is 1.